The molecule has 0 radical (unpaired) electrons. The number of carbonyl (C=O) groups is 2. The molecule has 2 amide bonds. The zero-order valence-electron chi connectivity index (χ0n) is 22.3. The summed E-state index contributed by atoms with van der Waals surface area (Å²) in [4.78, 5) is 28.4. The molecule has 2 aliphatic rings. The predicted molar refractivity (Wildman–Crippen MR) is 155 cm³/mol. The third-order valence-corrected chi connectivity index (χ3v) is 8.93. The number of para-hydroxylation sites is 1. The lowest BCUT2D eigenvalue weighted by Gasteiger charge is -2.35. The van der Waals surface area contributed by atoms with Gasteiger partial charge in [0.15, 0.2) is 0 Å². The highest BCUT2D eigenvalue weighted by atomic mass is 35.5. The van der Waals surface area contributed by atoms with E-state index in [0.29, 0.717) is 31.4 Å². The third-order valence-electron chi connectivity index (χ3n) is 7.99. The molecular weight excluding hydrogens is 571 g/mol. The molecule has 1 heterocycles. The van der Waals surface area contributed by atoms with Gasteiger partial charge >= 0.3 is 0 Å². The lowest BCUT2D eigenvalue weighted by atomic mass is 9.75. The number of ether oxygens (including phenoxy) is 1. The summed E-state index contributed by atoms with van der Waals surface area (Å²) in [5, 5.41) is 8.10. The molecule has 1 aliphatic carbocycles. The van der Waals surface area contributed by atoms with E-state index in [1.54, 1.807) is 17.0 Å². The van der Waals surface area contributed by atoms with E-state index in [9.17, 15) is 22.4 Å². The van der Waals surface area contributed by atoms with E-state index in [4.69, 9.17) is 21.5 Å². The van der Waals surface area contributed by atoms with Gasteiger partial charge in [-0.05, 0) is 79.1 Å². The minimum atomic E-state index is -3.89. The smallest absolute Gasteiger partial charge is 0.274 e. The second-order valence-corrected chi connectivity index (χ2v) is 12.2. The quantitative estimate of drug-likeness (QED) is 0.379. The van der Waals surface area contributed by atoms with Crippen LogP contribution in [0.25, 0.3) is 0 Å². The van der Waals surface area contributed by atoms with Crippen molar-refractivity contribution >= 4 is 45.0 Å². The Morgan fingerprint density at radius 1 is 1.12 bits per heavy atom. The predicted octanol–water partition coefficient (Wildman–Crippen LogP) is 4.67. The van der Waals surface area contributed by atoms with Gasteiger partial charge in [0.05, 0.1) is 23.4 Å². The van der Waals surface area contributed by atoms with Crippen molar-refractivity contribution in [1.29, 1.82) is 0 Å². The first-order valence-electron chi connectivity index (χ1n) is 13.1. The highest BCUT2D eigenvalue weighted by molar-refractivity contribution is 7.87. The Labute approximate surface area is 243 Å². The topological polar surface area (TPSA) is 131 Å². The number of amides is 2. The van der Waals surface area contributed by atoms with Crippen LogP contribution in [0, 0.1) is 11.2 Å². The molecule has 0 bridgehead atoms. The van der Waals surface area contributed by atoms with Crippen molar-refractivity contribution < 1.29 is 27.1 Å². The lowest BCUT2D eigenvalue weighted by molar-refractivity contribution is 0.0981. The molecule has 1 fully saturated rings. The highest BCUT2D eigenvalue weighted by Gasteiger charge is 2.46. The van der Waals surface area contributed by atoms with Crippen LogP contribution in [0.1, 0.15) is 52.0 Å². The van der Waals surface area contributed by atoms with Crippen LogP contribution in [-0.4, -0.2) is 39.9 Å². The number of rotatable bonds is 6. The van der Waals surface area contributed by atoms with Gasteiger partial charge in [-0.2, -0.15) is 13.1 Å². The number of methoxy groups -OCH3 is 1. The molecule has 0 saturated heterocycles. The fraction of sp³-hybridized carbons (Fsp3) is 0.310. The van der Waals surface area contributed by atoms with E-state index < -0.39 is 21.9 Å². The third kappa shape index (κ3) is 6.08. The molecule has 3 aromatic rings. The zero-order valence-corrected chi connectivity index (χ0v) is 23.9. The second kappa shape index (κ2) is 11.4. The summed E-state index contributed by atoms with van der Waals surface area (Å²) in [7, 11) is -2.47. The largest absolute Gasteiger partial charge is 0.495 e. The summed E-state index contributed by atoms with van der Waals surface area (Å²) in [6, 6.07) is 15.5. The van der Waals surface area contributed by atoms with Crippen molar-refractivity contribution in [2.24, 2.45) is 10.6 Å². The fourth-order valence-corrected chi connectivity index (χ4v) is 7.00. The summed E-state index contributed by atoms with van der Waals surface area (Å²) in [6.07, 6.45) is 3.54. The number of nitrogens with one attached hydrogen (secondary N) is 2. The Bertz CT molecular complexity index is 1620. The first kappa shape index (κ1) is 29.0. The first-order chi connectivity index (χ1) is 19.5. The molecule has 1 saturated carbocycles. The van der Waals surface area contributed by atoms with Crippen LogP contribution in [0.4, 0.5) is 15.8 Å². The molecule has 1 spiro atoms. The van der Waals surface area contributed by atoms with Gasteiger partial charge in [-0.1, -0.05) is 36.2 Å². The van der Waals surface area contributed by atoms with E-state index in [0.717, 1.165) is 36.2 Å². The van der Waals surface area contributed by atoms with Crippen molar-refractivity contribution in [3.05, 3.63) is 88.2 Å². The summed E-state index contributed by atoms with van der Waals surface area (Å²) >= 11 is 6.07. The van der Waals surface area contributed by atoms with Gasteiger partial charge in [0.25, 0.3) is 22.0 Å². The van der Waals surface area contributed by atoms with Gasteiger partial charge in [0.1, 0.15) is 11.6 Å². The fourth-order valence-electron chi connectivity index (χ4n) is 6.03. The molecule has 41 heavy (non-hydrogen) atoms. The SMILES string of the molecule is COc1cc(C(=O)N2CCC3(CCCC3NS(N)(=O)=O)Cc3ccccc32)ccc1NC(=O)c1cc(F)ccc1Cl. The number of fused-ring (bicyclic) bond motifs is 1. The lowest BCUT2D eigenvalue weighted by Crippen LogP contribution is -2.48. The molecular formula is C29H30ClFN4O5S. The maximum atomic E-state index is 13.9. The van der Waals surface area contributed by atoms with E-state index in [2.05, 4.69) is 10.0 Å². The van der Waals surface area contributed by atoms with Gasteiger partial charge in [0, 0.05) is 23.8 Å². The van der Waals surface area contributed by atoms with Crippen LogP contribution in [0.2, 0.25) is 5.02 Å². The number of hydrogen-bond donors (Lipinski definition) is 3. The molecule has 2 unspecified atom stereocenters. The standard InChI is InChI=1S/C29H30ClFN4O5S/c1-40-25-15-18(8-11-23(25)33-27(36)21-16-20(31)9-10-22(21)30)28(37)35-14-13-29(17-19-5-2-3-6-24(19)35)12-4-7-26(29)34-41(32,38)39/h2-3,5-6,8-11,15-16,26,34H,4,7,12-14,17H2,1H3,(H,33,36)(H2,32,38,39). The average Bonchev–Trinajstić information content (AvgIpc) is 3.21. The Morgan fingerprint density at radius 3 is 2.66 bits per heavy atom. The number of carbonyl (C=O) groups excluding carboxylic acids is 2. The monoisotopic (exact) mass is 600 g/mol. The summed E-state index contributed by atoms with van der Waals surface area (Å²) in [5.41, 5.74) is 1.91. The molecule has 5 rings (SSSR count). The van der Waals surface area contributed by atoms with Crippen molar-refractivity contribution in [3.8, 4) is 5.75 Å². The molecule has 12 heteroatoms. The normalized spacial score (nSPS) is 20.4. The van der Waals surface area contributed by atoms with Gasteiger partial charge in [-0.15, -0.1) is 0 Å². The maximum absolute atomic E-state index is 13.9. The Morgan fingerprint density at radius 2 is 1.90 bits per heavy atom. The van der Waals surface area contributed by atoms with Crippen molar-refractivity contribution in [2.45, 2.75) is 38.1 Å². The van der Waals surface area contributed by atoms with E-state index in [1.807, 2.05) is 24.3 Å². The molecule has 216 valence electrons. The average molecular weight is 601 g/mol. The maximum Gasteiger partial charge on any atom is 0.274 e. The summed E-state index contributed by atoms with van der Waals surface area (Å²) in [6.45, 7) is 0.373. The van der Waals surface area contributed by atoms with E-state index in [-0.39, 0.29) is 39.4 Å². The molecule has 3 aromatic carbocycles. The molecule has 9 nitrogen and oxygen atoms in total. The van der Waals surface area contributed by atoms with Crippen molar-refractivity contribution in [3.63, 3.8) is 0 Å². The zero-order chi connectivity index (χ0) is 29.4. The molecule has 1 aliphatic heterocycles. The van der Waals surface area contributed by atoms with Crippen LogP contribution in [0.3, 0.4) is 0 Å². The number of anilines is 2. The number of hydrogen-bond acceptors (Lipinski definition) is 5. The molecule has 4 N–H and O–H groups in total. The van der Waals surface area contributed by atoms with Crippen LogP contribution >= 0.6 is 11.6 Å². The number of benzene rings is 3. The Balaban J connectivity index is 1.42. The van der Waals surface area contributed by atoms with Gasteiger partial charge in [0.2, 0.25) is 0 Å². The van der Waals surface area contributed by atoms with Crippen LogP contribution in [0.15, 0.2) is 60.7 Å². The Kier molecular flexibility index (Phi) is 8.06. The van der Waals surface area contributed by atoms with Crippen molar-refractivity contribution in [1.82, 2.24) is 4.72 Å². The summed E-state index contributed by atoms with van der Waals surface area (Å²) in [5.74, 6) is -1.26. The van der Waals surface area contributed by atoms with E-state index in [1.165, 1.54) is 19.2 Å². The number of nitrogens with two attached hydrogens (primary N) is 1. The van der Waals surface area contributed by atoms with Gasteiger partial charge in [-0.3, -0.25) is 9.59 Å². The van der Waals surface area contributed by atoms with Crippen LogP contribution in [-0.2, 0) is 16.6 Å². The highest BCUT2D eigenvalue weighted by Crippen LogP contribution is 2.48. The van der Waals surface area contributed by atoms with Gasteiger partial charge < -0.3 is 15.0 Å². The second-order valence-electron chi connectivity index (χ2n) is 10.5. The molecule has 2 atom stereocenters. The van der Waals surface area contributed by atoms with Crippen LogP contribution < -0.4 is 24.8 Å². The minimum Gasteiger partial charge on any atom is -0.495 e. The summed E-state index contributed by atoms with van der Waals surface area (Å²) < 4.78 is 45.6. The molecule has 0 aromatic heterocycles. The number of halogens is 2. The Hall–Kier alpha value is -3.51. The van der Waals surface area contributed by atoms with E-state index >= 15 is 0 Å². The number of nitrogens with zero attached hydrogens (tertiary/aromatic N) is 1. The van der Waals surface area contributed by atoms with Crippen LogP contribution in [0.5, 0.6) is 5.75 Å². The minimum absolute atomic E-state index is 0.0360. The van der Waals surface area contributed by atoms with Gasteiger partial charge in [-0.25, -0.2) is 9.53 Å². The first-order valence-corrected chi connectivity index (χ1v) is 15.1. The van der Waals surface area contributed by atoms with Crippen molar-refractivity contribution in [2.75, 3.05) is 23.9 Å².